The van der Waals surface area contributed by atoms with Crippen molar-refractivity contribution < 1.29 is 24.5 Å². The summed E-state index contributed by atoms with van der Waals surface area (Å²) in [7, 11) is 0. The van der Waals surface area contributed by atoms with Crippen molar-refractivity contribution >= 4 is 0 Å². The van der Waals surface area contributed by atoms with Gasteiger partial charge in [0.2, 0.25) is 0 Å². The van der Waals surface area contributed by atoms with E-state index in [-0.39, 0.29) is 31.5 Å². The first-order valence-electron chi connectivity index (χ1n) is 5.79. The molecule has 0 saturated carbocycles. The summed E-state index contributed by atoms with van der Waals surface area (Å²) in [6.45, 7) is 9.28. The van der Waals surface area contributed by atoms with E-state index in [4.69, 9.17) is 0 Å². The summed E-state index contributed by atoms with van der Waals surface area (Å²) in [5.74, 6) is -0.249. The van der Waals surface area contributed by atoms with Crippen LogP contribution >= 0.6 is 0 Å². The Hall–Kier alpha value is -0.861. The van der Waals surface area contributed by atoms with Gasteiger partial charge in [0.05, 0.1) is 0 Å². The van der Waals surface area contributed by atoms with E-state index in [2.05, 4.69) is 43.3 Å². The molecular formula is C14H17FIrN2-2. The molecule has 1 radical (unpaired) electrons. The normalized spacial score (nSPS) is 14.9. The van der Waals surface area contributed by atoms with Crippen molar-refractivity contribution in [2.75, 3.05) is 6.54 Å². The van der Waals surface area contributed by atoms with Gasteiger partial charge < -0.3 is 9.80 Å². The van der Waals surface area contributed by atoms with Gasteiger partial charge in [-0.1, -0.05) is 6.92 Å². The Morgan fingerprint density at radius 2 is 2.06 bits per heavy atom. The minimum absolute atomic E-state index is 0. The molecule has 0 unspecified atom stereocenters. The van der Waals surface area contributed by atoms with E-state index in [1.54, 1.807) is 6.07 Å². The van der Waals surface area contributed by atoms with Crippen LogP contribution in [0.15, 0.2) is 30.6 Å². The third kappa shape index (κ3) is 2.93. The third-order valence-corrected chi connectivity index (χ3v) is 3.14. The van der Waals surface area contributed by atoms with Crippen LogP contribution in [0, 0.1) is 18.6 Å². The van der Waals surface area contributed by atoms with Gasteiger partial charge in [-0.2, -0.15) is 18.8 Å². The van der Waals surface area contributed by atoms with Gasteiger partial charge in [0.25, 0.3) is 0 Å². The van der Waals surface area contributed by atoms with E-state index < -0.39 is 0 Å². The molecule has 2 nitrogen and oxygen atoms in total. The maximum Gasteiger partial charge on any atom is 0.00991 e. The van der Waals surface area contributed by atoms with E-state index in [0.29, 0.717) is 0 Å². The molecule has 0 saturated heterocycles. The predicted octanol–water partition coefficient (Wildman–Crippen LogP) is 3.09. The molecule has 2 rings (SSSR count). The fourth-order valence-electron chi connectivity index (χ4n) is 1.84. The largest absolute Gasteiger partial charge is 0.508 e. The number of rotatable bonds is 3. The van der Waals surface area contributed by atoms with Crippen molar-refractivity contribution in [3.8, 4) is 0 Å². The van der Waals surface area contributed by atoms with Crippen LogP contribution in [0.3, 0.4) is 0 Å². The SMILES string of the molecule is CCN1C=CN(C(C)(C)c2[c-]cc(F)cc2)[CH-]1.[Ir]. The second kappa shape index (κ2) is 5.85. The number of nitrogens with zero attached hydrogens (tertiary/aromatic N) is 2. The van der Waals surface area contributed by atoms with Crippen LogP contribution < -0.4 is 0 Å². The molecule has 18 heavy (non-hydrogen) atoms. The molecule has 0 spiro atoms. The minimum Gasteiger partial charge on any atom is -0.508 e. The van der Waals surface area contributed by atoms with Crippen LogP contribution in [-0.2, 0) is 25.6 Å². The average Bonchev–Trinajstić information content (AvgIpc) is 2.78. The summed E-state index contributed by atoms with van der Waals surface area (Å²) < 4.78 is 12.9. The van der Waals surface area contributed by atoms with E-state index in [9.17, 15) is 4.39 Å². The zero-order chi connectivity index (χ0) is 12.5. The van der Waals surface area contributed by atoms with Crippen molar-refractivity contribution in [3.05, 3.63) is 54.7 Å². The number of halogens is 1. The van der Waals surface area contributed by atoms with Crippen molar-refractivity contribution in [2.45, 2.75) is 26.3 Å². The molecule has 0 atom stereocenters. The average molecular weight is 425 g/mol. The van der Waals surface area contributed by atoms with Gasteiger partial charge >= 0.3 is 0 Å². The first kappa shape index (κ1) is 15.2. The quantitative estimate of drug-likeness (QED) is 0.688. The first-order valence-corrected chi connectivity index (χ1v) is 5.79. The van der Waals surface area contributed by atoms with Gasteiger partial charge in [-0.15, -0.1) is 17.7 Å². The molecule has 1 aromatic rings. The van der Waals surface area contributed by atoms with E-state index >= 15 is 0 Å². The van der Waals surface area contributed by atoms with E-state index in [0.717, 1.165) is 12.1 Å². The fraction of sp³-hybridized carbons (Fsp3) is 0.357. The molecular weight excluding hydrogens is 407 g/mol. The van der Waals surface area contributed by atoms with Gasteiger partial charge in [0.15, 0.2) is 0 Å². The summed E-state index contributed by atoms with van der Waals surface area (Å²) in [5, 5.41) is 0. The van der Waals surface area contributed by atoms with Crippen LogP contribution in [0.2, 0.25) is 0 Å². The minimum atomic E-state index is -0.249. The number of hydrogen-bond acceptors (Lipinski definition) is 2. The molecule has 1 heterocycles. The predicted molar refractivity (Wildman–Crippen MR) is 65.9 cm³/mol. The molecule has 0 aliphatic carbocycles. The van der Waals surface area contributed by atoms with Gasteiger partial charge in [-0.25, -0.2) is 0 Å². The molecule has 1 aliphatic heterocycles. The Balaban J connectivity index is 0.00000162. The summed E-state index contributed by atoms with van der Waals surface area (Å²) in [4.78, 5) is 4.21. The van der Waals surface area contributed by atoms with Gasteiger partial charge in [-0.05, 0) is 32.8 Å². The van der Waals surface area contributed by atoms with Gasteiger partial charge in [0.1, 0.15) is 0 Å². The first-order chi connectivity index (χ1) is 8.04. The Morgan fingerprint density at radius 1 is 1.33 bits per heavy atom. The van der Waals surface area contributed by atoms with Crippen LogP contribution in [0.25, 0.3) is 0 Å². The van der Waals surface area contributed by atoms with Gasteiger partial charge in [-0.3, -0.25) is 4.39 Å². The molecule has 1 aliphatic rings. The summed E-state index contributed by atoms with van der Waals surface area (Å²) in [5.41, 5.74) is 0.742. The van der Waals surface area contributed by atoms with Crippen LogP contribution in [-0.4, -0.2) is 16.3 Å². The Bertz CT molecular complexity index is 414. The van der Waals surface area contributed by atoms with E-state index in [1.165, 1.54) is 12.1 Å². The molecule has 0 bridgehead atoms. The van der Waals surface area contributed by atoms with Crippen LogP contribution in [0.4, 0.5) is 4.39 Å². The Kier molecular flexibility index (Phi) is 4.94. The van der Waals surface area contributed by atoms with Crippen LogP contribution in [0.1, 0.15) is 26.3 Å². The zero-order valence-corrected chi connectivity index (χ0v) is 13.2. The van der Waals surface area contributed by atoms with Crippen molar-refractivity contribution in [1.29, 1.82) is 0 Å². The number of benzene rings is 1. The smallest absolute Gasteiger partial charge is 0.00991 e. The second-order valence-electron chi connectivity index (χ2n) is 4.63. The zero-order valence-electron chi connectivity index (χ0n) is 10.8. The molecule has 101 valence electrons. The topological polar surface area (TPSA) is 6.48 Å². The maximum atomic E-state index is 12.9. The fourth-order valence-corrected chi connectivity index (χ4v) is 1.84. The maximum absolute atomic E-state index is 12.9. The van der Waals surface area contributed by atoms with Crippen molar-refractivity contribution in [1.82, 2.24) is 9.80 Å². The summed E-state index contributed by atoms with van der Waals surface area (Å²) in [6, 6.07) is 7.64. The summed E-state index contributed by atoms with van der Waals surface area (Å²) >= 11 is 0. The monoisotopic (exact) mass is 425 g/mol. The Morgan fingerprint density at radius 3 is 2.56 bits per heavy atom. The molecule has 4 heteroatoms. The van der Waals surface area contributed by atoms with Crippen molar-refractivity contribution in [3.63, 3.8) is 0 Å². The molecule has 0 N–H and O–H groups in total. The Labute approximate surface area is 122 Å². The molecule has 0 amide bonds. The van der Waals surface area contributed by atoms with Crippen molar-refractivity contribution in [2.24, 2.45) is 0 Å². The van der Waals surface area contributed by atoms with Gasteiger partial charge in [0, 0.05) is 31.5 Å². The standard InChI is InChI=1S/C14H17FN2.Ir/c1-4-16-9-10-17(11-16)14(2,3)12-5-7-13(15)8-6-12;/h5,7-11H,4H2,1-3H3;/q-2;. The van der Waals surface area contributed by atoms with E-state index in [1.807, 2.05) is 12.4 Å². The molecule has 1 aromatic carbocycles. The van der Waals surface area contributed by atoms with Crippen LogP contribution in [0.5, 0.6) is 0 Å². The summed E-state index contributed by atoms with van der Waals surface area (Å²) in [6.07, 6.45) is 4.06. The second-order valence-corrected chi connectivity index (χ2v) is 4.63. The number of hydrogen-bond donors (Lipinski definition) is 0. The molecule has 0 aromatic heterocycles. The third-order valence-electron chi connectivity index (χ3n) is 3.14. The molecule has 0 fully saturated rings.